The van der Waals surface area contributed by atoms with E-state index in [-0.39, 0.29) is 23.0 Å². The summed E-state index contributed by atoms with van der Waals surface area (Å²) in [5.41, 5.74) is 1.09. The minimum atomic E-state index is -4.10. The van der Waals surface area contributed by atoms with Crippen molar-refractivity contribution in [3.63, 3.8) is 0 Å². The number of hydrogen-bond donors (Lipinski definition) is 1. The summed E-state index contributed by atoms with van der Waals surface area (Å²) >= 11 is 9.43. The summed E-state index contributed by atoms with van der Waals surface area (Å²) in [6.07, 6.45) is 0.749. The van der Waals surface area contributed by atoms with Gasteiger partial charge >= 0.3 is 0 Å². The van der Waals surface area contributed by atoms with E-state index < -0.39 is 28.5 Å². The van der Waals surface area contributed by atoms with E-state index in [9.17, 15) is 18.0 Å². The van der Waals surface area contributed by atoms with Crippen LogP contribution in [0.2, 0.25) is 5.02 Å². The Balaban J connectivity index is 1.99. The number of sulfonamides is 1. The molecule has 3 rings (SSSR count). The average molecular weight is 607 g/mol. The van der Waals surface area contributed by atoms with Gasteiger partial charge in [0.15, 0.2) is 0 Å². The van der Waals surface area contributed by atoms with Gasteiger partial charge in [-0.25, -0.2) is 8.42 Å². The maximum Gasteiger partial charge on any atom is 0.264 e. The van der Waals surface area contributed by atoms with Crippen LogP contribution in [0.25, 0.3) is 0 Å². The SMILES string of the molecule is CCCNC(=O)[C@H](C)N(Cc1ccc(Br)cc1)C(=O)CN(c1ccc(Cl)cc1)S(=O)(=O)c1ccccc1. The number of hydrogen-bond acceptors (Lipinski definition) is 4. The fourth-order valence-electron chi connectivity index (χ4n) is 3.62. The molecule has 2 amide bonds. The molecule has 0 bridgehead atoms. The molecule has 0 aromatic heterocycles. The third kappa shape index (κ3) is 7.56. The van der Waals surface area contributed by atoms with Gasteiger partial charge in [-0.05, 0) is 67.4 Å². The lowest BCUT2D eigenvalue weighted by Gasteiger charge is -2.32. The number of carbonyl (C=O) groups is 2. The molecule has 0 aliphatic heterocycles. The van der Waals surface area contributed by atoms with E-state index in [0.29, 0.717) is 11.6 Å². The normalized spacial score (nSPS) is 12.0. The number of halogens is 2. The highest BCUT2D eigenvalue weighted by atomic mass is 79.9. The van der Waals surface area contributed by atoms with Crippen molar-refractivity contribution in [2.75, 3.05) is 17.4 Å². The summed E-state index contributed by atoms with van der Waals surface area (Å²) in [6.45, 7) is 3.68. The summed E-state index contributed by atoms with van der Waals surface area (Å²) in [6, 6.07) is 20.7. The molecule has 0 unspecified atom stereocenters. The van der Waals surface area contributed by atoms with Crippen molar-refractivity contribution in [3.05, 3.63) is 93.9 Å². The van der Waals surface area contributed by atoms with E-state index in [0.717, 1.165) is 20.8 Å². The van der Waals surface area contributed by atoms with Gasteiger partial charge in [-0.3, -0.25) is 13.9 Å². The predicted molar refractivity (Wildman–Crippen MR) is 150 cm³/mol. The predicted octanol–water partition coefficient (Wildman–Crippen LogP) is 5.24. The van der Waals surface area contributed by atoms with E-state index in [1.807, 2.05) is 31.2 Å². The highest BCUT2D eigenvalue weighted by Gasteiger charge is 2.32. The molecule has 3 aromatic rings. The lowest BCUT2D eigenvalue weighted by molar-refractivity contribution is -0.139. The molecule has 0 aliphatic rings. The Kier molecular flexibility index (Phi) is 10.1. The molecule has 0 fully saturated rings. The van der Waals surface area contributed by atoms with Crippen LogP contribution < -0.4 is 9.62 Å². The van der Waals surface area contributed by atoms with Crippen molar-refractivity contribution >= 4 is 55.1 Å². The summed E-state index contributed by atoms with van der Waals surface area (Å²) in [5, 5.41) is 3.26. The Hall–Kier alpha value is -2.88. The molecule has 3 aromatic carbocycles. The van der Waals surface area contributed by atoms with Gasteiger partial charge in [0.25, 0.3) is 10.0 Å². The molecule has 0 saturated heterocycles. The Morgan fingerprint density at radius 3 is 2.19 bits per heavy atom. The number of carbonyl (C=O) groups excluding carboxylic acids is 2. The molecular formula is C27H29BrClN3O4S. The van der Waals surface area contributed by atoms with Gasteiger partial charge in [-0.2, -0.15) is 0 Å². The third-order valence-electron chi connectivity index (χ3n) is 5.71. The van der Waals surface area contributed by atoms with Crippen LogP contribution >= 0.6 is 27.5 Å². The smallest absolute Gasteiger partial charge is 0.264 e. The highest BCUT2D eigenvalue weighted by molar-refractivity contribution is 9.10. The van der Waals surface area contributed by atoms with Crippen LogP contribution in [0.5, 0.6) is 0 Å². The molecule has 0 aliphatic carbocycles. The summed E-state index contributed by atoms with van der Waals surface area (Å²) in [7, 11) is -4.10. The minimum Gasteiger partial charge on any atom is -0.354 e. The molecule has 0 spiro atoms. The molecular weight excluding hydrogens is 578 g/mol. The largest absolute Gasteiger partial charge is 0.354 e. The Bertz CT molecular complexity index is 1300. The lowest BCUT2D eigenvalue weighted by atomic mass is 10.1. The zero-order valence-corrected chi connectivity index (χ0v) is 23.8. The fraction of sp³-hybridized carbons (Fsp3) is 0.259. The zero-order valence-electron chi connectivity index (χ0n) is 20.6. The van der Waals surface area contributed by atoms with Crippen molar-refractivity contribution in [3.8, 4) is 0 Å². The van der Waals surface area contributed by atoms with Crippen LogP contribution in [0, 0.1) is 0 Å². The maximum absolute atomic E-state index is 13.8. The first-order valence-electron chi connectivity index (χ1n) is 11.8. The van der Waals surface area contributed by atoms with Crippen molar-refractivity contribution in [1.29, 1.82) is 0 Å². The number of amides is 2. The van der Waals surface area contributed by atoms with E-state index in [2.05, 4.69) is 21.2 Å². The summed E-state index contributed by atoms with van der Waals surface area (Å²) in [4.78, 5) is 28.1. The molecule has 1 N–H and O–H groups in total. The number of benzene rings is 3. The van der Waals surface area contributed by atoms with Gasteiger partial charge in [0.05, 0.1) is 10.6 Å². The number of rotatable bonds is 11. The van der Waals surface area contributed by atoms with Gasteiger partial charge < -0.3 is 10.2 Å². The average Bonchev–Trinajstić information content (AvgIpc) is 2.90. The van der Waals surface area contributed by atoms with Gasteiger partial charge in [0.1, 0.15) is 12.6 Å². The van der Waals surface area contributed by atoms with Crippen molar-refractivity contribution in [1.82, 2.24) is 10.2 Å². The Morgan fingerprint density at radius 2 is 1.59 bits per heavy atom. The maximum atomic E-state index is 13.8. The standard InChI is InChI=1S/C27H29BrClN3O4S/c1-3-17-30-27(34)20(2)31(18-21-9-11-22(28)12-10-21)26(33)19-32(24-15-13-23(29)14-16-24)37(35,36)25-7-5-4-6-8-25/h4-16,20H,3,17-19H2,1-2H3,(H,30,34)/t20-/m0/s1. The zero-order chi connectivity index (χ0) is 27.0. The van der Waals surface area contributed by atoms with E-state index in [4.69, 9.17) is 11.6 Å². The second-order valence-electron chi connectivity index (χ2n) is 8.42. The number of anilines is 1. The van der Waals surface area contributed by atoms with Crippen LogP contribution in [0.1, 0.15) is 25.8 Å². The van der Waals surface area contributed by atoms with Crippen molar-refractivity contribution in [2.45, 2.75) is 37.8 Å². The van der Waals surface area contributed by atoms with Crippen LogP contribution in [0.4, 0.5) is 5.69 Å². The van der Waals surface area contributed by atoms with Crippen LogP contribution in [-0.2, 0) is 26.2 Å². The van der Waals surface area contributed by atoms with Gasteiger partial charge in [0, 0.05) is 22.6 Å². The van der Waals surface area contributed by atoms with Crippen molar-refractivity contribution < 1.29 is 18.0 Å². The first-order chi connectivity index (χ1) is 17.6. The van der Waals surface area contributed by atoms with Gasteiger partial charge in [-0.15, -0.1) is 0 Å². The first-order valence-corrected chi connectivity index (χ1v) is 14.4. The van der Waals surface area contributed by atoms with Crippen LogP contribution in [0.3, 0.4) is 0 Å². The van der Waals surface area contributed by atoms with Gasteiger partial charge in [-0.1, -0.05) is 64.8 Å². The van der Waals surface area contributed by atoms with E-state index in [1.54, 1.807) is 49.4 Å². The lowest BCUT2D eigenvalue weighted by Crippen LogP contribution is -2.51. The topological polar surface area (TPSA) is 86.8 Å². The third-order valence-corrected chi connectivity index (χ3v) is 8.28. The molecule has 1 atom stereocenters. The van der Waals surface area contributed by atoms with Gasteiger partial charge in [0.2, 0.25) is 11.8 Å². The van der Waals surface area contributed by atoms with Crippen molar-refractivity contribution in [2.24, 2.45) is 0 Å². The first kappa shape index (κ1) is 28.7. The molecule has 7 nitrogen and oxygen atoms in total. The fourth-order valence-corrected chi connectivity index (χ4v) is 5.45. The quantitative estimate of drug-likeness (QED) is 0.323. The highest BCUT2D eigenvalue weighted by Crippen LogP contribution is 2.26. The molecule has 0 radical (unpaired) electrons. The molecule has 196 valence electrons. The van der Waals surface area contributed by atoms with E-state index in [1.165, 1.54) is 17.0 Å². The minimum absolute atomic E-state index is 0.0472. The second-order valence-corrected chi connectivity index (χ2v) is 11.6. The number of nitrogens with zero attached hydrogens (tertiary/aromatic N) is 2. The summed E-state index contributed by atoms with van der Waals surface area (Å²) < 4.78 is 29.2. The van der Waals surface area contributed by atoms with Crippen LogP contribution in [-0.4, -0.2) is 44.3 Å². The second kappa shape index (κ2) is 13.1. The Labute approximate surface area is 231 Å². The number of nitrogens with one attached hydrogen (secondary N) is 1. The molecule has 10 heteroatoms. The Morgan fingerprint density at radius 1 is 0.973 bits per heavy atom. The molecule has 0 saturated carbocycles. The van der Waals surface area contributed by atoms with E-state index >= 15 is 0 Å². The monoisotopic (exact) mass is 605 g/mol. The van der Waals surface area contributed by atoms with Crippen LogP contribution in [0.15, 0.2) is 88.2 Å². The molecule has 0 heterocycles. The molecule has 37 heavy (non-hydrogen) atoms. The summed E-state index contributed by atoms with van der Waals surface area (Å²) in [5.74, 6) is -0.826.